The van der Waals surface area contributed by atoms with Crippen molar-refractivity contribution in [2.75, 3.05) is 12.4 Å². The van der Waals surface area contributed by atoms with Crippen LogP contribution in [0.5, 0.6) is 5.75 Å². The van der Waals surface area contributed by atoms with Gasteiger partial charge < -0.3 is 10.1 Å². The van der Waals surface area contributed by atoms with Crippen LogP contribution in [0.4, 0.5) is 10.1 Å². The van der Waals surface area contributed by atoms with Crippen molar-refractivity contribution in [3.63, 3.8) is 0 Å². The first kappa shape index (κ1) is 12.6. The van der Waals surface area contributed by atoms with Gasteiger partial charge in [0.15, 0.2) is 11.6 Å². The molecule has 1 aliphatic rings. The largest absolute Gasteiger partial charge is 0.494 e. The monoisotopic (exact) mass is 276 g/mol. The van der Waals surface area contributed by atoms with Crippen molar-refractivity contribution in [2.45, 2.75) is 18.8 Å². The zero-order valence-corrected chi connectivity index (χ0v) is 10.8. The molecule has 6 nitrogen and oxygen atoms in total. The molecule has 7 heteroatoms. The topological polar surface area (TPSA) is 79.9 Å². The van der Waals surface area contributed by atoms with Crippen LogP contribution in [0, 0.1) is 5.82 Å². The van der Waals surface area contributed by atoms with Gasteiger partial charge >= 0.3 is 0 Å². The Morgan fingerprint density at radius 1 is 1.50 bits per heavy atom. The van der Waals surface area contributed by atoms with Crippen molar-refractivity contribution in [3.8, 4) is 5.75 Å². The first-order valence-corrected chi connectivity index (χ1v) is 6.24. The molecule has 0 radical (unpaired) electrons. The van der Waals surface area contributed by atoms with Crippen molar-refractivity contribution in [1.29, 1.82) is 0 Å². The van der Waals surface area contributed by atoms with E-state index in [1.807, 2.05) is 0 Å². The number of hydrogen-bond acceptors (Lipinski definition) is 4. The molecule has 2 N–H and O–H groups in total. The van der Waals surface area contributed by atoms with Gasteiger partial charge in [-0.15, -0.1) is 5.10 Å². The summed E-state index contributed by atoms with van der Waals surface area (Å²) in [5, 5.41) is 9.24. The van der Waals surface area contributed by atoms with E-state index in [0.717, 1.165) is 18.7 Å². The Bertz CT molecular complexity index is 652. The summed E-state index contributed by atoms with van der Waals surface area (Å²) in [4.78, 5) is 16.1. The number of benzene rings is 1. The lowest BCUT2D eigenvalue weighted by Gasteiger charge is -2.06. The summed E-state index contributed by atoms with van der Waals surface area (Å²) in [6.45, 7) is 0. The molecule has 1 fully saturated rings. The molecule has 0 bridgehead atoms. The minimum absolute atomic E-state index is 0.0662. The Morgan fingerprint density at radius 2 is 2.30 bits per heavy atom. The number of methoxy groups -OCH3 is 1. The molecule has 20 heavy (non-hydrogen) atoms. The average molecular weight is 276 g/mol. The third-order valence-corrected chi connectivity index (χ3v) is 3.08. The van der Waals surface area contributed by atoms with Gasteiger partial charge in [-0.1, -0.05) is 0 Å². The lowest BCUT2D eigenvalue weighted by Crippen LogP contribution is -2.14. The Morgan fingerprint density at radius 3 is 3.00 bits per heavy atom. The summed E-state index contributed by atoms with van der Waals surface area (Å²) in [7, 11) is 1.36. The molecule has 1 amide bonds. The second kappa shape index (κ2) is 4.92. The molecule has 0 spiro atoms. The lowest BCUT2D eigenvalue weighted by atomic mass is 10.3. The molecule has 1 aromatic carbocycles. The van der Waals surface area contributed by atoms with Crippen molar-refractivity contribution < 1.29 is 13.9 Å². The third kappa shape index (κ3) is 2.47. The number of carbonyl (C=O) groups is 1. The third-order valence-electron chi connectivity index (χ3n) is 3.08. The van der Waals surface area contributed by atoms with E-state index in [1.54, 1.807) is 0 Å². The van der Waals surface area contributed by atoms with E-state index in [9.17, 15) is 9.18 Å². The highest BCUT2D eigenvalue weighted by Gasteiger charge is 2.28. The molecule has 1 saturated carbocycles. The fraction of sp³-hybridized carbons (Fsp3) is 0.308. The number of carbonyl (C=O) groups excluding carboxylic acids is 1. The molecule has 0 saturated heterocycles. The molecule has 1 aromatic heterocycles. The normalized spacial score (nSPS) is 14.1. The zero-order valence-electron chi connectivity index (χ0n) is 10.8. The second-order valence-corrected chi connectivity index (χ2v) is 4.62. The summed E-state index contributed by atoms with van der Waals surface area (Å²) in [6.07, 6.45) is 2.15. The number of anilines is 1. The maximum Gasteiger partial charge on any atom is 0.295 e. The summed E-state index contributed by atoms with van der Waals surface area (Å²) in [5.74, 6) is 0.356. The Kier molecular flexibility index (Phi) is 3.09. The van der Waals surface area contributed by atoms with Crippen LogP contribution in [0.25, 0.3) is 0 Å². The van der Waals surface area contributed by atoms with Gasteiger partial charge in [0.05, 0.1) is 7.11 Å². The van der Waals surface area contributed by atoms with Crippen molar-refractivity contribution >= 4 is 11.6 Å². The number of nitrogens with zero attached hydrogens (tertiary/aromatic N) is 2. The maximum absolute atomic E-state index is 13.3. The SMILES string of the molecule is COc1cc(NC(=O)c2n[nH]c(C3CC3)n2)ccc1F. The van der Waals surface area contributed by atoms with E-state index in [-0.39, 0.29) is 11.6 Å². The molecule has 0 aliphatic heterocycles. The fourth-order valence-electron chi connectivity index (χ4n) is 1.84. The molecule has 0 unspecified atom stereocenters. The number of aromatic amines is 1. The Hall–Kier alpha value is -2.44. The highest BCUT2D eigenvalue weighted by Crippen LogP contribution is 2.37. The standard InChI is InChI=1S/C13H13FN4O2/c1-20-10-6-8(4-5-9(10)14)15-13(19)12-16-11(17-18-12)7-2-3-7/h4-7H,2-3H2,1H3,(H,15,19)(H,16,17,18). The first-order chi connectivity index (χ1) is 9.67. The highest BCUT2D eigenvalue weighted by atomic mass is 19.1. The van der Waals surface area contributed by atoms with Crippen molar-refractivity contribution in [3.05, 3.63) is 35.7 Å². The number of aromatic nitrogens is 3. The van der Waals surface area contributed by atoms with Gasteiger partial charge in [-0.05, 0) is 25.0 Å². The van der Waals surface area contributed by atoms with Gasteiger partial charge in [0.1, 0.15) is 5.82 Å². The highest BCUT2D eigenvalue weighted by molar-refractivity contribution is 6.01. The van der Waals surface area contributed by atoms with Gasteiger partial charge in [-0.3, -0.25) is 9.89 Å². The van der Waals surface area contributed by atoms with E-state index in [1.165, 1.54) is 25.3 Å². The zero-order chi connectivity index (χ0) is 14.1. The van der Waals surface area contributed by atoms with Crippen LogP contribution in [0.3, 0.4) is 0 Å². The van der Waals surface area contributed by atoms with Crippen LogP contribution >= 0.6 is 0 Å². The molecule has 2 aromatic rings. The molecule has 3 rings (SSSR count). The van der Waals surface area contributed by atoms with Gasteiger partial charge in [-0.25, -0.2) is 9.37 Å². The van der Waals surface area contributed by atoms with Gasteiger partial charge in [0.2, 0.25) is 5.82 Å². The number of hydrogen-bond donors (Lipinski definition) is 2. The van der Waals surface area contributed by atoms with E-state index < -0.39 is 11.7 Å². The lowest BCUT2D eigenvalue weighted by molar-refractivity contribution is 0.101. The van der Waals surface area contributed by atoms with Crippen LogP contribution < -0.4 is 10.1 Å². The predicted octanol–water partition coefficient (Wildman–Crippen LogP) is 2.08. The maximum atomic E-state index is 13.3. The van der Waals surface area contributed by atoms with Crippen LogP contribution in [0.1, 0.15) is 35.2 Å². The van der Waals surface area contributed by atoms with E-state index in [0.29, 0.717) is 11.6 Å². The number of nitrogens with one attached hydrogen (secondary N) is 2. The molecular formula is C13H13FN4O2. The number of H-pyrrole nitrogens is 1. The molecule has 0 atom stereocenters. The van der Waals surface area contributed by atoms with Crippen LogP contribution in [-0.2, 0) is 0 Å². The summed E-state index contributed by atoms with van der Waals surface area (Å²) >= 11 is 0. The second-order valence-electron chi connectivity index (χ2n) is 4.62. The number of rotatable bonds is 4. The van der Waals surface area contributed by atoms with E-state index in [4.69, 9.17) is 4.74 Å². The Labute approximate surface area is 114 Å². The van der Waals surface area contributed by atoms with Crippen LogP contribution in [0.2, 0.25) is 0 Å². The Balaban J connectivity index is 1.74. The smallest absolute Gasteiger partial charge is 0.295 e. The van der Waals surface area contributed by atoms with Gasteiger partial charge in [0, 0.05) is 17.7 Å². The van der Waals surface area contributed by atoms with Crippen LogP contribution in [0.15, 0.2) is 18.2 Å². The average Bonchev–Trinajstić information content (AvgIpc) is 3.18. The number of amides is 1. The number of ether oxygens (including phenoxy) is 1. The van der Waals surface area contributed by atoms with E-state index >= 15 is 0 Å². The van der Waals surface area contributed by atoms with Crippen LogP contribution in [-0.4, -0.2) is 28.2 Å². The summed E-state index contributed by atoms with van der Waals surface area (Å²) in [5.41, 5.74) is 0.422. The fourth-order valence-corrected chi connectivity index (χ4v) is 1.84. The summed E-state index contributed by atoms with van der Waals surface area (Å²) < 4.78 is 18.1. The molecular weight excluding hydrogens is 263 g/mol. The summed E-state index contributed by atoms with van der Waals surface area (Å²) in [6, 6.07) is 4.08. The number of halogens is 1. The van der Waals surface area contributed by atoms with Crippen molar-refractivity contribution in [2.24, 2.45) is 0 Å². The molecule has 1 aliphatic carbocycles. The minimum atomic E-state index is -0.487. The predicted molar refractivity (Wildman–Crippen MR) is 69.3 cm³/mol. The quantitative estimate of drug-likeness (QED) is 0.896. The minimum Gasteiger partial charge on any atom is -0.494 e. The molecule has 1 heterocycles. The van der Waals surface area contributed by atoms with E-state index in [2.05, 4.69) is 20.5 Å². The molecule has 104 valence electrons. The first-order valence-electron chi connectivity index (χ1n) is 6.24. The van der Waals surface area contributed by atoms with Gasteiger partial charge in [0.25, 0.3) is 5.91 Å². The van der Waals surface area contributed by atoms with Crippen molar-refractivity contribution in [1.82, 2.24) is 15.2 Å². The van der Waals surface area contributed by atoms with Gasteiger partial charge in [-0.2, -0.15) is 0 Å².